The molecular formula is C8H12N4O2. The van der Waals surface area contributed by atoms with Crippen LogP contribution in [0.2, 0.25) is 0 Å². The van der Waals surface area contributed by atoms with E-state index in [2.05, 4.69) is 15.3 Å². The average Bonchev–Trinajstić information content (AvgIpc) is 2.01. The van der Waals surface area contributed by atoms with Gasteiger partial charge in [0.2, 0.25) is 5.91 Å². The molecule has 0 aliphatic rings. The smallest absolute Gasteiger partial charge is 0.252 e. The third-order valence-corrected chi connectivity index (χ3v) is 1.58. The highest BCUT2D eigenvalue weighted by molar-refractivity contribution is 5.74. The molecule has 1 aromatic heterocycles. The zero-order valence-electron chi connectivity index (χ0n) is 7.78. The minimum absolute atomic E-state index is 0.137. The van der Waals surface area contributed by atoms with Gasteiger partial charge in [0, 0.05) is 18.5 Å². The minimum Gasteiger partial charge on any atom is -0.370 e. The van der Waals surface area contributed by atoms with E-state index >= 15 is 0 Å². The van der Waals surface area contributed by atoms with Gasteiger partial charge in [0.05, 0.1) is 6.33 Å². The third-order valence-electron chi connectivity index (χ3n) is 1.58. The maximum Gasteiger partial charge on any atom is 0.252 e. The van der Waals surface area contributed by atoms with Gasteiger partial charge >= 0.3 is 0 Å². The lowest BCUT2D eigenvalue weighted by Gasteiger charge is -2.11. The normalized spacial score (nSPS) is 12.1. The van der Waals surface area contributed by atoms with Gasteiger partial charge in [-0.05, 0) is 6.92 Å². The molecule has 1 heterocycles. The molecule has 76 valence electrons. The molecule has 0 fully saturated rings. The van der Waals surface area contributed by atoms with Gasteiger partial charge < -0.3 is 16.0 Å². The number of amides is 1. The summed E-state index contributed by atoms with van der Waals surface area (Å²) in [5.41, 5.74) is 4.77. The lowest BCUT2D eigenvalue weighted by Crippen LogP contribution is -2.25. The number of primary amides is 1. The highest BCUT2D eigenvalue weighted by Crippen LogP contribution is 2.01. The van der Waals surface area contributed by atoms with E-state index in [4.69, 9.17) is 5.73 Å². The van der Waals surface area contributed by atoms with E-state index in [-0.39, 0.29) is 18.0 Å². The number of hydrogen-bond donors (Lipinski definition) is 3. The molecule has 6 nitrogen and oxygen atoms in total. The maximum absolute atomic E-state index is 10.9. The van der Waals surface area contributed by atoms with Crippen molar-refractivity contribution in [3.8, 4) is 0 Å². The van der Waals surface area contributed by atoms with E-state index in [9.17, 15) is 9.59 Å². The lowest BCUT2D eigenvalue weighted by atomic mass is 10.2. The number of anilines is 1. The van der Waals surface area contributed by atoms with Crippen LogP contribution in [0.5, 0.6) is 0 Å². The number of rotatable bonds is 4. The van der Waals surface area contributed by atoms with Gasteiger partial charge in [0.25, 0.3) is 5.56 Å². The second-order valence-corrected chi connectivity index (χ2v) is 3.01. The predicted molar refractivity (Wildman–Crippen MR) is 51.8 cm³/mol. The number of nitrogens with one attached hydrogen (secondary N) is 2. The minimum atomic E-state index is -0.394. The fourth-order valence-electron chi connectivity index (χ4n) is 1.05. The van der Waals surface area contributed by atoms with Crippen molar-refractivity contribution in [3.05, 3.63) is 22.7 Å². The first-order valence-corrected chi connectivity index (χ1v) is 4.17. The molecule has 0 aliphatic carbocycles. The fraction of sp³-hybridized carbons (Fsp3) is 0.375. The van der Waals surface area contributed by atoms with Gasteiger partial charge in [-0.2, -0.15) is 0 Å². The number of aromatic amines is 1. The first-order valence-electron chi connectivity index (χ1n) is 4.17. The standard InChI is InChI=1S/C8H12N4O2/c1-5(2-6(9)13)12-7-3-8(14)11-4-10-7/h3-5H,2H2,1H3,(H2,9,13)(H2,10,11,12,14). The predicted octanol–water partition coefficient (Wildman–Crippen LogP) is -0.554. The van der Waals surface area contributed by atoms with Gasteiger partial charge in [0.1, 0.15) is 5.82 Å². The van der Waals surface area contributed by atoms with Crippen LogP contribution >= 0.6 is 0 Å². The first-order chi connectivity index (χ1) is 6.58. The van der Waals surface area contributed by atoms with Crippen molar-refractivity contribution in [1.29, 1.82) is 0 Å². The summed E-state index contributed by atoms with van der Waals surface area (Å²) in [7, 11) is 0. The van der Waals surface area contributed by atoms with Crippen LogP contribution in [0.15, 0.2) is 17.2 Å². The van der Waals surface area contributed by atoms with E-state index in [1.807, 2.05) is 0 Å². The van der Waals surface area contributed by atoms with Gasteiger partial charge in [0.15, 0.2) is 0 Å². The molecule has 1 aromatic rings. The Bertz CT molecular complexity index is 374. The fourth-order valence-corrected chi connectivity index (χ4v) is 1.05. The number of H-pyrrole nitrogens is 1. The molecule has 14 heavy (non-hydrogen) atoms. The van der Waals surface area contributed by atoms with E-state index in [0.29, 0.717) is 5.82 Å². The maximum atomic E-state index is 10.9. The van der Waals surface area contributed by atoms with Gasteiger partial charge in [-0.25, -0.2) is 4.98 Å². The van der Waals surface area contributed by atoms with E-state index in [0.717, 1.165) is 0 Å². The van der Waals surface area contributed by atoms with Crippen molar-refractivity contribution < 1.29 is 4.79 Å². The number of aromatic nitrogens is 2. The first kappa shape index (κ1) is 10.2. The van der Waals surface area contributed by atoms with E-state index in [1.165, 1.54) is 12.4 Å². The Morgan fingerprint density at radius 3 is 3.07 bits per heavy atom. The van der Waals surface area contributed by atoms with Crippen LogP contribution in [-0.2, 0) is 4.79 Å². The summed E-state index contributed by atoms with van der Waals surface area (Å²) in [4.78, 5) is 27.7. The highest BCUT2D eigenvalue weighted by Gasteiger charge is 2.06. The Hall–Kier alpha value is -1.85. The summed E-state index contributed by atoms with van der Waals surface area (Å²) in [5, 5.41) is 2.88. The molecule has 1 unspecified atom stereocenters. The largest absolute Gasteiger partial charge is 0.370 e. The van der Waals surface area contributed by atoms with Crippen molar-refractivity contribution in [2.24, 2.45) is 5.73 Å². The highest BCUT2D eigenvalue weighted by atomic mass is 16.1. The Labute approximate surface area is 80.5 Å². The summed E-state index contributed by atoms with van der Waals surface area (Å²) in [6.45, 7) is 1.79. The summed E-state index contributed by atoms with van der Waals surface area (Å²) in [5.74, 6) is 0.0392. The SMILES string of the molecule is CC(CC(N)=O)Nc1cc(=O)[nH]cn1. The van der Waals surface area contributed by atoms with Gasteiger partial charge in [-0.3, -0.25) is 9.59 Å². The van der Waals surface area contributed by atoms with Crippen LogP contribution < -0.4 is 16.6 Å². The zero-order valence-corrected chi connectivity index (χ0v) is 7.78. The molecule has 0 aromatic carbocycles. The van der Waals surface area contributed by atoms with Crippen molar-refractivity contribution >= 4 is 11.7 Å². The van der Waals surface area contributed by atoms with Crippen LogP contribution in [0, 0.1) is 0 Å². The molecular weight excluding hydrogens is 184 g/mol. The van der Waals surface area contributed by atoms with Crippen LogP contribution in [-0.4, -0.2) is 21.9 Å². The summed E-state index contributed by atoms with van der Waals surface area (Å²) in [6, 6.07) is 1.18. The van der Waals surface area contributed by atoms with Crippen LogP contribution in [0.1, 0.15) is 13.3 Å². The number of carbonyl (C=O) groups excluding carboxylic acids is 1. The molecule has 0 aliphatic heterocycles. The summed E-state index contributed by atoms with van der Waals surface area (Å²) in [6.07, 6.45) is 1.50. The number of nitrogens with zero attached hydrogens (tertiary/aromatic N) is 1. The van der Waals surface area contributed by atoms with E-state index < -0.39 is 5.91 Å². The van der Waals surface area contributed by atoms with Crippen molar-refractivity contribution in [3.63, 3.8) is 0 Å². The van der Waals surface area contributed by atoms with Crippen molar-refractivity contribution in [2.75, 3.05) is 5.32 Å². The Morgan fingerprint density at radius 2 is 2.50 bits per heavy atom. The van der Waals surface area contributed by atoms with E-state index in [1.54, 1.807) is 6.92 Å². The van der Waals surface area contributed by atoms with Gasteiger partial charge in [-0.1, -0.05) is 0 Å². The van der Waals surface area contributed by atoms with Crippen LogP contribution in [0.3, 0.4) is 0 Å². The topological polar surface area (TPSA) is 101 Å². The van der Waals surface area contributed by atoms with Crippen molar-refractivity contribution in [2.45, 2.75) is 19.4 Å². The molecule has 0 saturated heterocycles. The lowest BCUT2D eigenvalue weighted by molar-refractivity contribution is -0.118. The molecule has 0 radical (unpaired) electrons. The molecule has 0 bridgehead atoms. The average molecular weight is 196 g/mol. The summed E-state index contributed by atoms with van der Waals surface area (Å²) >= 11 is 0. The van der Waals surface area contributed by atoms with Gasteiger partial charge in [-0.15, -0.1) is 0 Å². The number of hydrogen-bond acceptors (Lipinski definition) is 4. The molecule has 4 N–H and O–H groups in total. The second kappa shape index (κ2) is 4.40. The van der Waals surface area contributed by atoms with Crippen LogP contribution in [0.4, 0.5) is 5.82 Å². The molecule has 1 rings (SSSR count). The monoisotopic (exact) mass is 196 g/mol. The summed E-state index contributed by atoms with van der Waals surface area (Å²) < 4.78 is 0. The Morgan fingerprint density at radius 1 is 1.79 bits per heavy atom. The Kier molecular flexibility index (Phi) is 3.22. The third kappa shape index (κ3) is 3.26. The Balaban J connectivity index is 2.60. The van der Waals surface area contributed by atoms with Crippen LogP contribution in [0.25, 0.3) is 0 Å². The zero-order chi connectivity index (χ0) is 10.6. The quantitative estimate of drug-likeness (QED) is 0.601. The number of nitrogens with two attached hydrogens (primary N) is 1. The molecule has 6 heteroatoms. The second-order valence-electron chi connectivity index (χ2n) is 3.01. The van der Waals surface area contributed by atoms with Crippen molar-refractivity contribution in [1.82, 2.24) is 9.97 Å². The molecule has 0 saturated carbocycles. The molecule has 1 amide bonds. The molecule has 1 atom stereocenters. The number of carbonyl (C=O) groups is 1. The molecule has 0 spiro atoms.